The van der Waals surface area contributed by atoms with Gasteiger partial charge in [-0.25, -0.2) is 4.68 Å². The maximum absolute atomic E-state index is 12.9. The van der Waals surface area contributed by atoms with Gasteiger partial charge in [0.05, 0.1) is 11.9 Å². The predicted molar refractivity (Wildman–Crippen MR) is 131 cm³/mol. The van der Waals surface area contributed by atoms with Crippen LogP contribution in [0.1, 0.15) is 16.1 Å². The van der Waals surface area contributed by atoms with Gasteiger partial charge >= 0.3 is 0 Å². The highest BCUT2D eigenvalue weighted by molar-refractivity contribution is 7.98. The van der Waals surface area contributed by atoms with E-state index in [4.69, 9.17) is 4.74 Å². The fourth-order valence-corrected chi connectivity index (χ4v) is 4.56. The standard InChI is InChI=1S/C26H23N3O3S/c1-29-26(31)22-6-4-3-5-21(22)24(28-29)25(30)27-15-19-14-18-13-17(9-12-23(18)32-19)16-7-10-20(33-2)11-8-16/h3-13,19H,14-15H2,1-2H3,(H,27,30). The van der Waals surface area contributed by atoms with E-state index in [9.17, 15) is 9.59 Å². The van der Waals surface area contributed by atoms with Crippen LogP contribution in [-0.2, 0) is 13.5 Å². The summed E-state index contributed by atoms with van der Waals surface area (Å²) in [5, 5.41) is 8.14. The lowest BCUT2D eigenvalue weighted by atomic mass is 10.0. The van der Waals surface area contributed by atoms with Gasteiger partial charge in [-0.1, -0.05) is 36.4 Å². The van der Waals surface area contributed by atoms with E-state index in [0.717, 1.165) is 16.9 Å². The molecule has 0 spiro atoms. The third-order valence-corrected chi connectivity index (χ3v) is 6.63. The van der Waals surface area contributed by atoms with E-state index in [1.54, 1.807) is 43.1 Å². The molecule has 0 saturated carbocycles. The fourth-order valence-electron chi connectivity index (χ4n) is 4.15. The number of hydrogen-bond donors (Lipinski definition) is 1. The molecule has 6 nitrogen and oxygen atoms in total. The average molecular weight is 458 g/mol. The van der Waals surface area contributed by atoms with Crippen LogP contribution in [0.2, 0.25) is 0 Å². The van der Waals surface area contributed by atoms with Crippen LogP contribution in [0.4, 0.5) is 0 Å². The van der Waals surface area contributed by atoms with Crippen LogP contribution >= 0.6 is 11.8 Å². The summed E-state index contributed by atoms with van der Waals surface area (Å²) in [6, 6.07) is 21.8. The largest absolute Gasteiger partial charge is 0.488 e. The molecule has 2 heterocycles. The minimum Gasteiger partial charge on any atom is -0.488 e. The van der Waals surface area contributed by atoms with E-state index < -0.39 is 0 Å². The highest BCUT2D eigenvalue weighted by Crippen LogP contribution is 2.33. The second-order valence-electron chi connectivity index (χ2n) is 8.03. The fraction of sp³-hybridized carbons (Fsp3) is 0.192. The number of hydrogen-bond acceptors (Lipinski definition) is 5. The Labute approximate surface area is 195 Å². The van der Waals surface area contributed by atoms with E-state index in [-0.39, 0.29) is 23.3 Å². The van der Waals surface area contributed by atoms with Crippen LogP contribution in [0.3, 0.4) is 0 Å². The van der Waals surface area contributed by atoms with Crippen molar-refractivity contribution in [1.82, 2.24) is 15.1 Å². The highest BCUT2D eigenvalue weighted by Gasteiger charge is 2.25. The SMILES string of the molecule is CSc1ccc(-c2ccc3c(c2)CC(CNC(=O)c2nn(C)c(=O)c4ccccc24)O3)cc1. The molecule has 0 fully saturated rings. The lowest BCUT2D eigenvalue weighted by Gasteiger charge is -2.13. The first-order valence-electron chi connectivity index (χ1n) is 10.7. The first kappa shape index (κ1) is 21.3. The molecule has 3 aromatic carbocycles. The summed E-state index contributed by atoms with van der Waals surface area (Å²) in [5.74, 6) is 0.528. The number of carbonyl (C=O) groups is 1. The number of thioether (sulfide) groups is 1. The third-order valence-electron chi connectivity index (χ3n) is 5.89. The average Bonchev–Trinajstić information content (AvgIpc) is 3.27. The van der Waals surface area contributed by atoms with Gasteiger partial charge in [0.1, 0.15) is 11.9 Å². The normalized spacial score (nSPS) is 14.7. The molecule has 1 aliphatic heterocycles. The van der Waals surface area contributed by atoms with Gasteiger partial charge in [-0.05, 0) is 53.3 Å². The van der Waals surface area contributed by atoms with Crippen LogP contribution in [0.25, 0.3) is 21.9 Å². The summed E-state index contributed by atoms with van der Waals surface area (Å²) in [7, 11) is 1.55. The molecule has 1 unspecified atom stereocenters. The Hall–Kier alpha value is -3.58. The van der Waals surface area contributed by atoms with Gasteiger partial charge in [-0.15, -0.1) is 11.8 Å². The number of nitrogens with one attached hydrogen (secondary N) is 1. The number of nitrogens with zero attached hydrogens (tertiary/aromatic N) is 2. The van der Waals surface area contributed by atoms with E-state index in [1.807, 2.05) is 6.07 Å². The lowest BCUT2D eigenvalue weighted by Crippen LogP contribution is -2.36. The predicted octanol–water partition coefficient (Wildman–Crippen LogP) is 4.06. The molecular formula is C26H23N3O3S. The first-order chi connectivity index (χ1) is 16.0. The number of rotatable bonds is 5. The zero-order chi connectivity index (χ0) is 22.9. The van der Waals surface area contributed by atoms with Gasteiger partial charge in [0, 0.05) is 23.8 Å². The summed E-state index contributed by atoms with van der Waals surface area (Å²) < 4.78 is 7.26. The topological polar surface area (TPSA) is 73.2 Å². The number of benzene rings is 3. The maximum Gasteiger partial charge on any atom is 0.274 e. The monoisotopic (exact) mass is 457 g/mol. The molecule has 0 saturated heterocycles. The Balaban J connectivity index is 1.29. The Morgan fingerprint density at radius 1 is 1.09 bits per heavy atom. The van der Waals surface area contributed by atoms with Crippen LogP contribution < -0.4 is 15.6 Å². The van der Waals surface area contributed by atoms with Gasteiger partial charge in [0.15, 0.2) is 5.69 Å². The summed E-state index contributed by atoms with van der Waals surface area (Å²) in [6.07, 6.45) is 2.63. The molecule has 7 heteroatoms. The number of fused-ring (bicyclic) bond motifs is 2. The van der Waals surface area contributed by atoms with E-state index in [1.165, 1.54) is 15.1 Å². The number of aryl methyl sites for hydroxylation is 1. The second-order valence-corrected chi connectivity index (χ2v) is 8.91. The smallest absolute Gasteiger partial charge is 0.274 e. The molecule has 0 radical (unpaired) electrons. The van der Waals surface area contributed by atoms with Crippen LogP contribution in [-0.4, -0.2) is 34.6 Å². The third kappa shape index (κ3) is 4.12. The van der Waals surface area contributed by atoms with Crippen molar-refractivity contribution in [1.29, 1.82) is 0 Å². The molecule has 33 heavy (non-hydrogen) atoms. The molecule has 166 valence electrons. The molecule has 4 aromatic rings. The first-order valence-corrected chi connectivity index (χ1v) is 11.9. The van der Waals surface area contributed by atoms with E-state index in [0.29, 0.717) is 23.7 Å². The van der Waals surface area contributed by atoms with Crippen molar-refractivity contribution in [2.24, 2.45) is 7.05 Å². The van der Waals surface area contributed by atoms with Crippen molar-refractivity contribution in [2.45, 2.75) is 17.4 Å². The summed E-state index contributed by atoms with van der Waals surface area (Å²) >= 11 is 1.73. The van der Waals surface area contributed by atoms with Crippen molar-refractivity contribution in [3.63, 3.8) is 0 Å². The second kappa shape index (κ2) is 8.75. The number of amides is 1. The quantitative estimate of drug-likeness (QED) is 0.458. The van der Waals surface area contributed by atoms with Gasteiger partial charge in [-0.3, -0.25) is 9.59 Å². The summed E-state index contributed by atoms with van der Waals surface area (Å²) in [4.78, 5) is 26.4. The molecule has 1 N–H and O–H groups in total. The Bertz CT molecular complexity index is 1410. The number of ether oxygens (including phenoxy) is 1. The van der Waals surface area contributed by atoms with E-state index in [2.05, 4.69) is 53.1 Å². The number of aromatic nitrogens is 2. The van der Waals surface area contributed by atoms with Crippen LogP contribution in [0.5, 0.6) is 5.75 Å². The molecule has 1 aliphatic rings. The van der Waals surface area contributed by atoms with Gasteiger partial charge in [0.25, 0.3) is 11.5 Å². The van der Waals surface area contributed by atoms with Crippen molar-refractivity contribution in [3.8, 4) is 16.9 Å². The van der Waals surface area contributed by atoms with Gasteiger partial charge in [0.2, 0.25) is 0 Å². The zero-order valence-electron chi connectivity index (χ0n) is 18.4. The highest BCUT2D eigenvalue weighted by atomic mass is 32.2. The molecule has 1 aromatic heterocycles. The summed E-state index contributed by atoms with van der Waals surface area (Å²) in [5.41, 5.74) is 3.46. The molecule has 1 amide bonds. The minimum atomic E-state index is -0.323. The molecule has 5 rings (SSSR count). The van der Waals surface area contributed by atoms with Gasteiger partial charge < -0.3 is 10.1 Å². The van der Waals surface area contributed by atoms with Crippen LogP contribution in [0, 0.1) is 0 Å². The number of carbonyl (C=O) groups excluding carboxylic acids is 1. The van der Waals surface area contributed by atoms with Gasteiger partial charge in [-0.2, -0.15) is 5.10 Å². The zero-order valence-corrected chi connectivity index (χ0v) is 19.2. The van der Waals surface area contributed by atoms with Crippen molar-refractivity contribution in [3.05, 3.63) is 88.3 Å². The van der Waals surface area contributed by atoms with Crippen molar-refractivity contribution in [2.75, 3.05) is 12.8 Å². The minimum absolute atomic E-state index is 0.156. The maximum atomic E-state index is 12.9. The van der Waals surface area contributed by atoms with Crippen LogP contribution in [0.15, 0.2) is 76.4 Å². The molecule has 0 aliphatic carbocycles. The van der Waals surface area contributed by atoms with Crippen molar-refractivity contribution >= 4 is 28.4 Å². The Kier molecular flexibility index (Phi) is 5.64. The van der Waals surface area contributed by atoms with Crippen molar-refractivity contribution < 1.29 is 9.53 Å². The molecular weight excluding hydrogens is 434 g/mol. The summed E-state index contributed by atoms with van der Waals surface area (Å²) in [6.45, 7) is 0.351. The Morgan fingerprint density at radius 2 is 1.82 bits per heavy atom. The molecule has 1 atom stereocenters. The van der Waals surface area contributed by atoms with E-state index >= 15 is 0 Å². The Morgan fingerprint density at radius 3 is 2.58 bits per heavy atom. The lowest BCUT2D eigenvalue weighted by molar-refractivity contribution is 0.0928. The molecule has 0 bridgehead atoms.